The zero-order valence-corrected chi connectivity index (χ0v) is 18.0. The number of piperidine rings is 1. The van der Waals surface area contributed by atoms with Crippen LogP contribution in [0.5, 0.6) is 5.75 Å². The Hall–Kier alpha value is -3.34. The van der Waals surface area contributed by atoms with Crippen LogP contribution in [0.4, 0.5) is 21.8 Å². The first-order valence-electron chi connectivity index (χ1n) is 10.8. The van der Waals surface area contributed by atoms with Crippen molar-refractivity contribution in [2.45, 2.75) is 57.2 Å². The maximum Gasteiger partial charge on any atom is 0.229 e. The smallest absolute Gasteiger partial charge is 0.229 e. The Kier molecular flexibility index (Phi) is 5.12. The SMILES string of the molecule is CC1(C)C[C@H](Nc2nc(Nc3ccc(O)c(-n4cnnn4)c3)ncc2F)C[C@H]2CCCN21. The molecule has 3 aromatic rings. The lowest BCUT2D eigenvalue weighted by molar-refractivity contribution is 0.0500. The number of benzene rings is 1. The van der Waals surface area contributed by atoms with Gasteiger partial charge in [0.15, 0.2) is 11.6 Å². The number of phenols is 1. The summed E-state index contributed by atoms with van der Waals surface area (Å²) in [6.07, 6.45) is 6.84. The molecule has 3 N–H and O–H groups in total. The molecule has 5 rings (SSSR count). The minimum Gasteiger partial charge on any atom is -0.506 e. The fourth-order valence-corrected chi connectivity index (χ4v) is 5.03. The topological polar surface area (TPSA) is 117 Å². The second kappa shape index (κ2) is 7.97. The van der Waals surface area contributed by atoms with Crippen LogP contribution < -0.4 is 10.6 Å². The summed E-state index contributed by atoms with van der Waals surface area (Å²) >= 11 is 0. The maximum absolute atomic E-state index is 14.5. The van der Waals surface area contributed by atoms with Gasteiger partial charge in [-0.15, -0.1) is 5.10 Å². The van der Waals surface area contributed by atoms with Gasteiger partial charge in [-0.25, -0.2) is 9.37 Å². The van der Waals surface area contributed by atoms with E-state index in [1.165, 1.54) is 29.9 Å². The quantitative estimate of drug-likeness (QED) is 0.516. The zero-order chi connectivity index (χ0) is 22.3. The Bertz CT molecular complexity index is 1100. The first-order chi connectivity index (χ1) is 15.4. The molecule has 32 heavy (non-hydrogen) atoms. The van der Waals surface area contributed by atoms with Crippen molar-refractivity contribution < 1.29 is 9.50 Å². The minimum absolute atomic E-state index is 0.0195. The number of nitrogens with one attached hydrogen (secondary N) is 2. The van der Waals surface area contributed by atoms with Gasteiger partial charge in [0.1, 0.15) is 17.8 Å². The van der Waals surface area contributed by atoms with E-state index in [1.54, 1.807) is 12.1 Å². The molecular formula is C21H26FN9O. The van der Waals surface area contributed by atoms with Crippen molar-refractivity contribution in [3.63, 3.8) is 0 Å². The first-order valence-corrected chi connectivity index (χ1v) is 10.8. The molecule has 1 aromatic carbocycles. The van der Waals surface area contributed by atoms with E-state index in [9.17, 15) is 9.50 Å². The predicted molar refractivity (Wildman–Crippen MR) is 117 cm³/mol. The molecule has 2 aromatic heterocycles. The van der Waals surface area contributed by atoms with E-state index in [4.69, 9.17) is 0 Å². The summed E-state index contributed by atoms with van der Waals surface area (Å²) in [5, 5.41) is 27.5. The fourth-order valence-electron chi connectivity index (χ4n) is 5.03. The van der Waals surface area contributed by atoms with Crippen molar-refractivity contribution in [3.05, 3.63) is 36.5 Å². The third kappa shape index (κ3) is 3.95. The molecule has 0 aliphatic carbocycles. The van der Waals surface area contributed by atoms with Crippen molar-refractivity contribution in [1.29, 1.82) is 0 Å². The number of hydrogen-bond donors (Lipinski definition) is 3. The molecule has 2 aliphatic heterocycles. The third-order valence-corrected chi connectivity index (χ3v) is 6.37. The van der Waals surface area contributed by atoms with E-state index in [0.717, 1.165) is 25.6 Å². The number of nitrogens with zero attached hydrogens (tertiary/aromatic N) is 7. The number of phenolic OH excluding ortho intramolecular Hbond substituents is 1. The molecule has 168 valence electrons. The summed E-state index contributed by atoms with van der Waals surface area (Å²) in [6.45, 7) is 5.66. The summed E-state index contributed by atoms with van der Waals surface area (Å²) in [5.74, 6) is -0.0255. The predicted octanol–water partition coefficient (Wildman–Crippen LogP) is 2.86. The highest BCUT2D eigenvalue weighted by atomic mass is 19.1. The summed E-state index contributed by atoms with van der Waals surface area (Å²) in [6, 6.07) is 5.51. The fraction of sp³-hybridized carbons (Fsp3) is 0.476. The molecule has 2 fully saturated rings. The molecule has 2 saturated heterocycles. The van der Waals surface area contributed by atoms with Crippen LogP contribution >= 0.6 is 0 Å². The Labute approximate surface area is 184 Å². The van der Waals surface area contributed by atoms with Crippen LogP contribution in [0.2, 0.25) is 0 Å². The van der Waals surface area contributed by atoms with Crippen molar-refractivity contribution in [3.8, 4) is 11.4 Å². The lowest BCUT2D eigenvalue weighted by atomic mass is 9.84. The summed E-state index contributed by atoms with van der Waals surface area (Å²) in [5.41, 5.74) is 1.07. The number of tetrazole rings is 1. The van der Waals surface area contributed by atoms with Crippen LogP contribution in [0.25, 0.3) is 5.69 Å². The van der Waals surface area contributed by atoms with Gasteiger partial charge in [0.2, 0.25) is 5.95 Å². The Morgan fingerprint density at radius 2 is 2.16 bits per heavy atom. The molecule has 11 heteroatoms. The zero-order valence-electron chi connectivity index (χ0n) is 18.0. The highest BCUT2D eigenvalue weighted by Gasteiger charge is 2.43. The largest absolute Gasteiger partial charge is 0.506 e. The van der Waals surface area contributed by atoms with Crippen LogP contribution in [0.1, 0.15) is 39.5 Å². The van der Waals surface area contributed by atoms with Crippen LogP contribution in [-0.2, 0) is 0 Å². The Balaban J connectivity index is 1.34. The highest BCUT2D eigenvalue weighted by Crippen LogP contribution is 2.38. The molecule has 0 bridgehead atoms. The van der Waals surface area contributed by atoms with Gasteiger partial charge < -0.3 is 15.7 Å². The molecule has 0 spiro atoms. The molecule has 0 radical (unpaired) electrons. The van der Waals surface area contributed by atoms with Crippen molar-refractivity contribution in [1.82, 2.24) is 35.1 Å². The molecule has 0 amide bonds. The van der Waals surface area contributed by atoms with Gasteiger partial charge in [-0.05, 0) is 74.7 Å². The van der Waals surface area contributed by atoms with Crippen LogP contribution in [0.3, 0.4) is 0 Å². The van der Waals surface area contributed by atoms with Gasteiger partial charge in [0.05, 0.1) is 6.20 Å². The minimum atomic E-state index is -0.484. The average Bonchev–Trinajstić information content (AvgIpc) is 3.44. The monoisotopic (exact) mass is 439 g/mol. The maximum atomic E-state index is 14.5. The van der Waals surface area contributed by atoms with Gasteiger partial charge in [-0.1, -0.05) is 0 Å². The molecule has 4 heterocycles. The number of hydrogen-bond acceptors (Lipinski definition) is 9. The molecule has 0 saturated carbocycles. The normalized spacial score (nSPS) is 22.5. The van der Waals surface area contributed by atoms with E-state index >= 15 is 0 Å². The second-order valence-corrected chi connectivity index (χ2v) is 9.06. The van der Waals surface area contributed by atoms with Gasteiger partial charge in [-0.3, -0.25) is 4.90 Å². The highest BCUT2D eigenvalue weighted by molar-refractivity contribution is 5.62. The van der Waals surface area contributed by atoms with Gasteiger partial charge in [0, 0.05) is 23.3 Å². The van der Waals surface area contributed by atoms with E-state index < -0.39 is 5.82 Å². The third-order valence-electron chi connectivity index (χ3n) is 6.37. The number of fused-ring (bicyclic) bond motifs is 1. The molecular weight excluding hydrogens is 413 g/mol. The van der Waals surface area contributed by atoms with Crippen molar-refractivity contribution >= 4 is 17.5 Å². The summed E-state index contributed by atoms with van der Waals surface area (Å²) in [4.78, 5) is 11.0. The Morgan fingerprint density at radius 3 is 2.97 bits per heavy atom. The lowest BCUT2D eigenvalue weighted by Gasteiger charge is -2.47. The molecule has 10 nitrogen and oxygen atoms in total. The van der Waals surface area contributed by atoms with E-state index in [0.29, 0.717) is 17.4 Å². The van der Waals surface area contributed by atoms with Crippen molar-refractivity contribution in [2.75, 3.05) is 17.2 Å². The van der Waals surface area contributed by atoms with Gasteiger partial charge in [0.25, 0.3) is 0 Å². The number of aromatic nitrogens is 6. The van der Waals surface area contributed by atoms with Crippen LogP contribution in [0, 0.1) is 5.82 Å². The van der Waals surface area contributed by atoms with E-state index in [-0.39, 0.29) is 29.1 Å². The number of anilines is 3. The standard InChI is InChI=1S/C21H26FN9O/c1-21(2)10-14(8-15-4-3-7-30(15)21)25-19-16(22)11-23-20(27-19)26-13-5-6-18(32)17(9-13)31-12-24-28-29-31/h5-6,9,11-12,14-15,32H,3-4,7-8,10H2,1-2H3,(H2,23,25,26,27)/t14-,15-/m1/s1. The molecule has 2 aliphatic rings. The Morgan fingerprint density at radius 1 is 1.28 bits per heavy atom. The first kappa shape index (κ1) is 20.6. The summed E-state index contributed by atoms with van der Waals surface area (Å²) in [7, 11) is 0. The van der Waals surface area contributed by atoms with E-state index in [1.807, 2.05) is 0 Å². The van der Waals surface area contributed by atoms with Gasteiger partial charge >= 0.3 is 0 Å². The lowest BCUT2D eigenvalue weighted by Crippen LogP contribution is -2.55. The molecule has 2 atom stereocenters. The number of aromatic hydroxyl groups is 1. The number of halogens is 1. The average molecular weight is 439 g/mol. The number of rotatable bonds is 5. The van der Waals surface area contributed by atoms with Crippen LogP contribution in [0.15, 0.2) is 30.7 Å². The van der Waals surface area contributed by atoms with E-state index in [2.05, 4.69) is 54.9 Å². The van der Waals surface area contributed by atoms with Gasteiger partial charge in [-0.2, -0.15) is 9.67 Å². The molecule has 0 unspecified atom stereocenters. The van der Waals surface area contributed by atoms with Crippen LogP contribution in [-0.4, -0.2) is 64.3 Å². The van der Waals surface area contributed by atoms with Crippen molar-refractivity contribution in [2.24, 2.45) is 0 Å². The summed E-state index contributed by atoms with van der Waals surface area (Å²) < 4.78 is 15.9. The second-order valence-electron chi connectivity index (χ2n) is 9.06.